The van der Waals surface area contributed by atoms with Crippen LogP contribution in [-0.2, 0) is 16.5 Å². The number of carbonyl (C=O) groups is 1. The second-order valence-corrected chi connectivity index (χ2v) is 13.2. The van der Waals surface area contributed by atoms with Gasteiger partial charge < -0.3 is 9.64 Å². The normalized spacial score (nSPS) is 22.7. The van der Waals surface area contributed by atoms with Crippen molar-refractivity contribution in [3.05, 3.63) is 87.3 Å². The van der Waals surface area contributed by atoms with Crippen LogP contribution in [0.4, 0.5) is 4.79 Å². The number of aromatic nitrogens is 2. The predicted octanol–water partition coefficient (Wildman–Crippen LogP) is 7.98. The monoisotopic (exact) mass is 607 g/mol. The second kappa shape index (κ2) is 11.5. The van der Waals surface area contributed by atoms with Crippen molar-refractivity contribution in [1.29, 1.82) is 0 Å². The Kier molecular flexibility index (Phi) is 8.29. The van der Waals surface area contributed by atoms with Crippen molar-refractivity contribution in [3.8, 4) is 5.88 Å². The average Bonchev–Trinajstić information content (AvgIpc) is 3.21. The van der Waals surface area contributed by atoms with E-state index in [9.17, 15) is 4.79 Å². The van der Waals surface area contributed by atoms with E-state index in [2.05, 4.69) is 34.6 Å². The van der Waals surface area contributed by atoms with E-state index in [0.717, 1.165) is 30.4 Å². The molecule has 3 heterocycles. The summed E-state index contributed by atoms with van der Waals surface area (Å²) in [6.07, 6.45) is 4.79. The first-order valence-electron chi connectivity index (χ1n) is 14.6. The lowest BCUT2D eigenvalue weighted by Gasteiger charge is -2.47. The van der Waals surface area contributed by atoms with Crippen LogP contribution in [0.25, 0.3) is 0 Å². The molecule has 1 fully saturated rings. The number of hydrogen-bond donors (Lipinski definition) is 0. The Balaban J connectivity index is 1.80. The Hall–Kier alpha value is -3.16. The molecule has 2 aromatic carbocycles. The molecule has 0 bridgehead atoms. The highest BCUT2D eigenvalue weighted by Gasteiger charge is 2.60. The third kappa shape index (κ3) is 5.26. The summed E-state index contributed by atoms with van der Waals surface area (Å²) in [7, 11) is 0. The molecule has 2 amide bonds. The molecule has 2 aliphatic rings. The fourth-order valence-corrected chi connectivity index (χ4v) is 6.17. The zero-order chi connectivity index (χ0) is 30.3. The first kappa shape index (κ1) is 30.3. The summed E-state index contributed by atoms with van der Waals surface area (Å²) in [6, 6.07) is 15.3. The molecule has 3 aromatic rings. The van der Waals surface area contributed by atoms with Crippen molar-refractivity contribution in [3.63, 3.8) is 0 Å². The van der Waals surface area contributed by atoms with Crippen LogP contribution >= 0.6 is 23.2 Å². The number of hydrogen-bond acceptors (Lipinski definition) is 5. The van der Waals surface area contributed by atoms with Crippen LogP contribution in [0.3, 0.4) is 0 Å². The number of benzene rings is 2. The minimum Gasteiger partial charge on any atom is -0.477 e. The van der Waals surface area contributed by atoms with Gasteiger partial charge in [0, 0.05) is 34.7 Å². The molecule has 7 nitrogen and oxygen atoms in total. The summed E-state index contributed by atoms with van der Waals surface area (Å²) in [4.78, 5) is 33.6. The zero-order valence-corrected chi connectivity index (χ0v) is 26.8. The van der Waals surface area contributed by atoms with Crippen molar-refractivity contribution in [2.75, 3.05) is 19.7 Å². The van der Waals surface area contributed by atoms with Gasteiger partial charge in [-0.1, -0.05) is 68.2 Å². The largest absolute Gasteiger partial charge is 0.477 e. The Morgan fingerprint density at radius 2 is 1.50 bits per heavy atom. The topological polar surface area (TPSA) is 70.9 Å². The number of ether oxygens (including phenoxy) is 1. The van der Waals surface area contributed by atoms with Gasteiger partial charge in [-0.25, -0.2) is 9.78 Å². The lowest BCUT2D eigenvalue weighted by Crippen LogP contribution is -2.58. The highest BCUT2D eigenvalue weighted by Crippen LogP contribution is 2.54. The number of rotatable bonds is 5. The average molecular weight is 609 g/mol. The molecule has 1 saturated heterocycles. The van der Waals surface area contributed by atoms with Crippen LogP contribution in [0.15, 0.2) is 59.7 Å². The van der Waals surface area contributed by atoms with Gasteiger partial charge in [-0.3, -0.25) is 9.89 Å². The Morgan fingerprint density at radius 3 is 2.05 bits per heavy atom. The van der Waals surface area contributed by atoms with Gasteiger partial charge >= 0.3 is 6.03 Å². The van der Waals surface area contributed by atoms with E-state index in [-0.39, 0.29) is 11.4 Å². The zero-order valence-electron chi connectivity index (χ0n) is 25.2. The molecular weight excluding hydrogens is 569 g/mol. The molecule has 0 N–H and O–H groups in total. The van der Waals surface area contributed by atoms with Crippen LogP contribution < -0.4 is 4.74 Å². The molecular formula is C33H39Cl2N5O2. The van der Waals surface area contributed by atoms with Gasteiger partial charge in [0.25, 0.3) is 0 Å². The fraction of sp³-hybridized carbons (Fsp3) is 0.455. The van der Waals surface area contributed by atoms with Crippen molar-refractivity contribution < 1.29 is 9.53 Å². The number of carbonyl (C=O) groups excluding carboxylic acids is 1. The van der Waals surface area contributed by atoms with Gasteiger partial charge in [-0.15, -0.1) is 0 Å². The van der Waals surface area contributed by atoms with E-state index in [4.69, 9.17) is 42.9 Å². The SMILES string of the molecule is CCOc1nc(C(C)(C)C)ncc1C1=NC(C)(c2ccc(Cl)cc2)C(C)(c2ccc(Cl)cc2)N1C(=O)N1CCCCC1. The highest BCUT2D eigenvalue weighted by molar-refractivity contribution is 6.30. The van der Waals surface area contributed by atoms with E-state index >= 15 is 0 Å². The van der Waals surface area contributed by atoms with Gasteiger partial charge in [0.1, 0.15) is 22.7 Å². The number of urea groups is 1. The molecule has 2 unspecified atom stereocenters. The number of likely N-dealkylation sites (tertiary alicyclic amines) is 1. The van der Waals surface area contributed by atoms with E-state index in [0.29, 0.717) is 52.8 Å². The van der Waals surface area contributed by atoms with Crippen LogP contribution in [0, 0.1) is 0 Å². The molecule has 1 aromatic heterocycles. The Labute approximate surface area is 258 Å². The highest BCUT2D eigenvalue weighted by atomic mass is 35.5. The molecule has 0 spiro atoms. The van der Waals surface area contributed by atoms with Gasteiger partial charge in [-0.05, 0) is 75.4 Å². The number of piperidine rings is 1. The minimum atomic E-state index is -0.957. The molecule has 0 aliphatic carbocycles. The summed E-state index contributed by atoms with van der Waals surface area (Å²) in [5.41, 5.74) is 0.230. The quantitative estimate of drug-likeness (QED) is 0.295. The number of amidine groups is 1. The van der Waals surface area contributed by atoms with Gasteiger partial charge in [0.2, 0.25) is 5.88 Å². The summed E-state index contributed by atoms with van der Waals surface area (Å²) >= 11 is 12.7. The van der Waals surface area contributed by atoms with E-state index in [1.807, 2.05) is 65.3 Å². The van der Waals surface area contributed by atoms with Crippen molar-refractivity contribution >= 4 is 35.1 Å². The number of aliphatic imine (C=N–C) groups is 1. The standard InChI is InChI=1S/C33H39Cl2N5O2/c1-7-42-28-26(21-36-29(37-28)31(2,3)4)27-38-32(5,22-11-15-24(34)16-12-22)33(6,23-13-17-25(35)18-14-23)40(27)30(41)39-19-9-8-10-20-39/h11-18,21H,7-10,19-20H2,1-6H3. The maximum Gasteiger partial charge on any atom is 0.326 e. The third-order valence-corrected chi connectivity index (χ3v) is 9.02. The summed E-state index contributed by atoms with van der Waals surface area (Å²) in [6.45, 7) is 14.0. The maximum absolute atomic E-state index is 14.8. The fourth-order valence-electron chi connectivity index (χ4n) is 5.92. The maximum atomic E-state index is 14.8. The van der Waals surface area contributed by atoms with Gasteiger partial charge in [-0.2, -0.15) is 4.98 Å². The van der Waals surface area contributed by atoms with Crippen LogP contribution in [0.2, 0.25) is 10.0 Å². The molecule has 222 valence electrons. The third-order valence-electron chi connectivity index (χ3n) is 8.51. The summed E-state index contributed by atoms with van der Waals surface area (Å²) in [5, 5.41) is 1.25. The molecule has 42 heavy (non-hydrogen) atoms. The molecule has 0 radical (unpaired) electrons. The number of amides is 2. The molecule has 9 heteroatoms. The van der Waals surface area contributed by atoms with Crippen molar-refractivity contribution in [1.82, 2.24) is 19.8 Å². The molecule has 5 rings (SSSR count). The summed E-state index contributed by atoms with van der Waals surface area (Å²) < 4.78 is 6.12. The van der Waals surface area contributed by atoms with Crippen LogP contribution in [0.5, 0.6) is 5.88 Å². The Morgan fingerprint density at radius 1 is 0.929 bits per heavy atom. The van der Waals surface area contributed by atoms with Crippen molar-refractivity contribution in [2.45, 2.75) is 77.3 Å². The van der Waals surface area contributed by atoms with E-state index < -0.39 is 11.1 Å². The summed E-state index contributed by atoms with van der Waals surface area (Å²) in [5.74, 6) is 1.54. The van der Waals surface area contributed by atoms with E-state index in [1.165, 1.54) is 0 Å². The number of halogens is 2. The molecule has 0 saturated carbocycles. The van der Waals surface area contributed by atoms with Gasteiger partial charge in [0.15, 0.2) is 0 Å². The lowest BCUT2D eigenvalue weighted by atomic mass is 9.71. The molecule has 2 atom stereocenters. The lowest BCUT2D eigenvalue weighted by molar-refractivity contribution is 0.102. The van der Waals surface area contributed by atoms with Crippen LogP contribution in [0.1, 0.15) is 83.3 Å². The minimum absolute atomic E-state index is 0.106. The Bertz CT molecular complexity index is 1480. The molecule has 2 aliphatic heterocycles. The first-order valence-corrected chi connectivity index (χ1v) is 15.4. The van der Waals surface area contributed by atoms with Crippen LogP contribution in [-0.4, -0.2) is 51.3 Å². The predicted molar refractivity (Wildman–Crippen MR) is 169 cm³/mol. The van der Waals surface area contributed by atoms with Gasteiger partial charge in [0.05, 0.1) is 12.2 Å². The van der Waals surface area contributed by atoms with Crippen molar-refractivity contribution in [2.24, 2.45) is 4.99 Å². The smallest absolute Gasteiger partial charge is 0.326 e. The first-order chi connectivity index (χ1) is 19.9. The second-order valence-electron chi connectivity index (χ2n) is 12.4. The number of nitrogens with zero attached hydrogens (tertiary/aromatic N) is 5. The van der Waals surface area contributed by atoms with E-state index in [1.54, 1.807) is 6.20 Å².